The van der Waals surface area contributed by atoms with Crippen LogP contribution in [0.2, 0.25) is 0 Å². The third-order valence-electron chi connectivity index (χ3n) is 3.39. The van der Waals surface area contributed by atoms with Gasteiger partial charge < -0.3 is 10.5 Å². The maximum atomic E-state index is 5.93. The van der Waals surface area contributed by atoms with Crippen LogP contribution in [0.5, 0.6) is 11.6 Å². The largest absolute Gasteiger partial charge is 0.439 e. The highest BCUT2D eigenvalue weighted by molar-refractivity contribution is 5.34. The van der Waals surface area contributed by atoms with Gasteiger partial charge in [-0.15, -0.1) is 0 Å². The minimum absolute atomic E-state index is 0.0332. The van der Waals surface area contributed by atoms with E-state index in [9.17, 15) is 0 Å². The maximum absolute atomic E-state index is 5.93. The van der Waals surface area contributed by atoms with Gasteiger partial charge in [0, 0.05) is 18.0 Å². The quantitative estimate of drug-likeness (QED) is 0.915. The molecule has 1 aromatic heterocycles. The molecule has 0 aliphatic rings. The van der Waals surface area contributed by atoms with E-state index in [2.05, 4.69) is 44.8 Å². The number of pyridine rings is 1. The molecule has 112 valence electrons. The van der Waals surface area contributed by atoms with Crippen molar-refractivity contribution < 1.29 is 4.74 Å². The maximum Gasteiger partial charge on any atom is 0.219 e. The minimum Gasteiger partial charge on any atom is -0.439 e. The zero-order chi connectivity index (χ0) is 15.5. The van der Waals surface area contributed by atoms with E-state index >= 15 is 0 Å². The smallest absolute Gasteiger partial charge is 0.219 e. The lowest BCUT2D eigenvalue weighted by molar-refractivity contribution is 0.450. The van der Waals surface area contributed by atoms with Crippen LogP contribution >= 0.6 is 0 Å². The van der Waals surface area contributed by atoms with E-state index in [-0.39, 0.29) is 5.41 Å². The number of nitrogens with two attached hydrogens (primary N) is 1. The van der Waals surface area contributed by atoms with Crippen LogP contribution in [0.4, 0.5) is 0 Å². The molecule has 0 saturated heterocycles. The molecule has 0 fully saturated rings. The number of hydrogen-bond acceptors (Lipinski definition) is 3. The Morgan fingerprint density at radius 3 is 2.48 bits per heavy atom. The van der Waals surface area contributed by atoms with Crippen molar-refractivity contribution in [3.8, 4) is 11.6 Å². The van der Waals surface area contributed by atoms with Crippen molar-refractivity contribution in [2.75, 3.05) is 0 Å². The molecule has 0 bridgehead atoms. The van der Waals surface area contributed by atoms with Crippen LogP contribution in [0.3, 0.4) is 0 Å². The predicted molar refractivity (Wildman–Crippen MR) is 86.7 cm³/mol. The monoisotopic (exact) mass is 284 g/mol. The molecule has 0 saturated carbocycles. The van der Waals surface area contributed by atoms with E-state index in [1.165, 1.54) is 5.56 Å². The molecule has 21 heavy (non-hydrogen) atoms. The second-order valence-electron chi connectivity index (χ2n) is 6.26. The second-order valence-corrected chi connectivity index (χ2v) is 6.26. The van der Waals surface area contributed by atoms with Crippen molar-refractivity contribution in [3.63, 3.8) is 0 Å². The van der Waals surface area contributed by atoms with Crippen LogP contribution < -0.4 is 10.5 Å². The summed E-state index contributed by atoms with van der Waals surface area (Å²) >= 11 is 0. The highest BCUT2D eigenvalue weighted by Gasteiger charge is 2.17. The number of aryl methyl sites for hydroxylation is 1. The number of ether oxygens (including phenoxy) is 1. The van der Waals surface area contributed by atoms with Crippen molar-refractivity contribution >= 4 is 0 Å². The van der Waals surface area contributed by atoms with Crippen molar-refractivity contribution in [3.05, 3.63) is 53.2 Å². The van der Waals surface area contributed by atoms with Crippen LogP contribution in [0.25, 0.3) is 0 Å². The first-order chi connectivity index (χ1) is 9.92. The van der Waals surface area contributed by atoms with E-state index in [1.54, 1.807) is 0 Å². The van der Waals surface area contributed by atoms with Crippen LogP contribution in [-0.2, 0) is 18.4 Å². The van der Waals surface area contributed by atoms with Crippen molar-refractivity contribution in [2.45, 2.75) is 46.1 Å². The first-order valence-electron chi connectivity index (χ1n) is 7.40. The Morgan fingerprint density at radius 2 is 1.86 bits per heavy atom. The number of hydrogen-bond donors (Lipinski definition) is 1. The van der Waals surface area contributed by atoms with Gasteiger partial charge in [0.25, 0.3) is 0 Å². The highest BCUT2D eigenvalue weighted by atomic mass is 16.5. The van der Waals surface area contributed by atoms with Gasteiger partial charge in [-0.3, -0.25) is 0 Å². The van der Waals surface area contributed by atoms with Gasteiger partial charge in [-0.2, -0.15) is 0 Å². The van der Waals surface area contributed by atoms with Gasteiger partial charge in [0.05, 0.1) is 5.69 Å². The van der Waals surface area contributed by atoms with Gasteiger partial charge in [0.15, 0.2) is 0 Å². The minimum atomic E-state index is -0.0332. The number of nitrogens with zero attached hydrogens (tertiary/aromatic N) is 1. The number of benzene rings is 1. The molecule has 0 amide bonds. The summed E-state index contributed by atoms with van der Waals surface area (Å²) in [5, 5.41) is 0. The molecule has 2 rings (SSSR count). The molecule has 0 unspecified atom stereocenters. The first kappa shape index (κ1) is 15.5. The molecule has 0 atom stereocenters. The molecule has 0 spiro atoms. The Morgan fingerprint density at radius 1 is 1.10 bits per heavy atom. The van der Waals surface area contributed by atoms with Gasteiger partial charge in [-0.25, -0.2) is 4.98 Å². The molecule has 1 heterocycles. The van der Waals surface area contributed by atoms with Gasteiger partial charge in [0.1, 0.15) is 5.75 Å². The summed E-state index contributed by atoms with van der Waals surface area (Å²) in [6.45, 7) is 9.02. The lowest BCUT2D eigenvalue weighted by atomic mass is 9.91. The summed E-state index contributed by atoms with van der Waals surface area (Å²) in [5.74, 6) is 1.42. The SMILES string of the molecule is CCc1cccc(Oc2cc(CN)cc(C(C)(C)C)n2)c1. The second kappa shape index (κ2) is 6.27. The van der Waals surface area contributed by atoms with Gasteiger partial charge in [0.2, 0.25) is 5.88 Å². The molecular formula is C18H24N2O. The lowest BCUT2D eigenvalue weighted by Crippen LogP contribution is -2.15. The first-order valence-corrected chi connectivity index (χ1v) is 7.40. The summed E-state index contributed by atoms with van der Waals surface area (Å²) in [4.78, 5) is 4.63. The standard InChI is InChI=1S/C18H24N2O/c1-5-13-7-6-8-15(9-13)21-17-11-14(12-19)10-16(20-17)18(2,3)4/h6-11H,5,12,19H2,1-4H3. The van der Waals surface area contributed by atoms with Gasteiger partial charge in [-0.05, 0) is 35.7 Å². The highest BCUT2D eigenvalue weighted by Crippen LogP contribution is 2.27. The van der Waals surface area contributed by atoms with Crippen molar-refractivity contribution in [1.82, 2.24) is 4.98 Å². The van der Waals surface area contributed by atoms with E-state index in [0.29, 0.717) is 12.4 Å². The Hall–Kier alpha value is -1.87. The van der Waals surface area contributed by atoms with Gasteiger partial charge in [-0.1, -0.05) is 39.8 Å². The van der Waals surface area contributed by atoms with E-state index in [4.69, 9.17) is 10.5 Å². The average molecular weight is 284 g/mol. The molecule has 3 heteroatoms. The lowest BCUT2D eigenvalue weighted by Gasteiger charge is -2.19. The van der Waals surface area contributed by atoms with Gasteiger partial charge >= 0.3 is 0 Å². The third-order valence-corrected chi connectivity index (χ3v) is 3.39. The Kier molecular flexibility index (Phi) is 4.63. The molecule has 0 aliphatic carbocycles. The fourth-order valence-corrected chi connectivity index (χ4v) is 2.06. The zero-order valence-electron chi connectivity index (χ0n) is 13.3. The predicted octanol–water partition coefficient (Wildman–Crippen LogP) is 4.19. The molecule has 0 aliphatic heterocycles. The molecule has 2 aromatic rings. The topological polar surface area (TPSA) is 48.1 Å². The van der Waals surface area contributed by atoms with Crippen LogP contribution in [0, 0.1) is 0 Å². The number of aromatic nitrogens is 1. The van der Waals surface area contributed by atoms with E-state index < -0.39 is 0 Å². The number of rotatable bonds is 4. The fraction of sp³-hybridized carbons (Fsp3) is 0.389. The Bertz CT molecular complexity index is 615. The fourth-order valence-electron chi connectivity index (χ4n) is 2.06. The molecule has 1 aromatic carbocycles. The summed E-state index contributed by atoms with van der Waals surface area (Å²) in [7, 11) is 0. The van der Waals surface area contributed by atoms with Crippen molar-refractivity contribution in [1.29, 1.82) is 0 Å². The Labute approximate surface area is 127 Å². The third kappa shape index (κ3) is 4.05. The van der Waals surface area contributed by atoms with Crippen molar-refractivity contribution in [2.24, 2.45) is 5.73 Å². The zero-order valence-corrected chi connectivity index (χ0v) is 13.3. The molecular weight excluding hydrogens is 260 g/mol. The molecule has 2 N–H and O–H groups in total. The van der Waals surface area contributed by atoms with Crippen LogP contribution in [-0.4, -0.2) is 4.98 Å². The molecule has 3 nitrogen and oxygen atoms in total. The Balaban J connectivity index is 2.34. The van der Waals surface area contributed by atoms with E-state index in [1.807, 2.05) is 24.3 Å². The summed E-state index contributed by atoms with van der Waals surface area (Å²) in [6.07, 6.45) is 0.987. The summed E-state index contributed by atoms with van der Waals surface area (Å²) in [6, 6.07) is 12.1. The molecule has 0 radical (unpaired) electrons. The average Bonchev–Trinajstić information content (AvgIpc) is 2.46. The van der Waals surface area contributed by atoms with Crippen LogP contribution in [0.1, 0.15) is 44.5 Å². The van der Waals surface area contributed by atoms with E-state index in [0.717, 1.165) is 23.4 Å². The van der Waals surface area contributed by atoms with Crippen LogP contribution in [0.15, 0.2) is 36.4 Å². The normalized spacial score (nSPS) is 11.5. The summed E-state index contributed by atoms with van der Waals surface area (Å²) < 4.78 is 5.93. The summed E-state index contributed by atoms with van der Waals surface area (Å²) in [5.41, 5.74) is 9.03.